The van der Waals surface area contributed by atoms with Gasteiger partial charge in [0.05, 0.1) is 6.20 Å². The van der Waals surface area contributed by atoms with Crippen LogP contribution >= 0.6 is 0 Å². The maximum Gasteiger partial charge on any atom is 0.196 e. The molecule has 0 aliphatic carbocycles. The predicted molar refractivity (Wildman–Crippen MR) is 77.1 cm³/mol. The highest BCUT2D eigenvalue weighted by molar-refractivity contribution is 5.86. The van der Waals surface area contributed by atoms with Gasteiger partial charge in [-0.3, -0.25) is 0 Å². The van der Waals surface area contributed by atoms with Crippen molar-refractivity contribution in [3.63, 3.8) is 0 Å². The number of hydrogen-bond acceptors (Lipinski definition) is 3. The molecule has 0 aliphatic heterocycles. The zero-order valence-corrected chi connectivity index (χ0v) is 10.9. The smallest absolute Gasteiger partial charge is 0.196 e. The maximum absolute atomic E-state index is 5.77. The summed E-state index contributed by atoms with van der Waals surface area (Å²) < 4.78 is 5.77. The van der Waals surface area contributed by atoms with Gasteiger partial charge in [0.25, 0.3) is 0 Å². The van der Waals surface area contributed by atoms with E-state index in [-0.39, 0.29) is 0 Å². The fraction of sp³-hybridized carbons (Fsp3) is 0.188. The molecule has 0 radical (unpaired) electrons. The molecule has 0 saturated heterocycles. The van der Waals surface area contributed by atoms with Gasteiger partial charge in [0.2, 0.25) is 0 Å². The van der Waals surface area contributed by atoms with Crippen LogP contribution in [-0.2, 0) is 6.42 Å². The second-order valence-electron chi connectivity index (χ2n) is 4.53. The Morgan fingerprint density at radius 3 is 2.79 bits per heavy atom. The molecule has 96 valence electrons. The summed E-state index contributed by atoms with van der Waals surface area (Å²) in [5, 5.41) is 5.54. The van der Waals surface area contributed by atoms with Crippen molar-refractivity contribution in [1.82, 2.24) is 10.3 Å². The monoisotopic (exact) mass is 252 g/mol. The number of hydrogen-bond donors (Lipinski definition) is 1. The van der Waals surface area contributed by atoms with Gasteiger partial charge in [-0.1, -0.05) is 36.4 Å². The molecule has 1 N–H and O–H groups in total. The number of rotatable bonds is 4. The minimum absolute atomic E-state index is 0.775. The Bertz CT molecular complexity index is 688. The number of fused-ring (bicyclic) bond motifs is 1. The first-order chi connectivity index (χ1) is 9.36. The van der Waals surface area contributed by atoms with Crippen molar-refractivity contribution in [3.05, 3.63) is 54.6 Å². The summed E-state index contributed by atoms with van der Waals surface area (Å²) in [6, 6.07) is 14.6. The van der Waals surface area contributed by atoms with Gasteiger partial charge in [-0.15, -0.1) is 0 Å². The summed E-state index contributed by atoms with van der Waals surface area (Å²) in [6.07, 6.45) is 2.61. The number of nitrogens with zero attached hydrogens (tertiary/aromatic N) is 1. The van der Waals surface area contributed by atoms with E-state index < -0.39 is 0 Å². The molecule has 1 aromatic heterocycles. The van der Waals surface area contributed by atoms with Crippen LogP contribution < -0.4 is 5.32 Å². The number of benzene rings is 2. The summed E-state index contributed by atoms with van der Waals surface area (Å²) in [6.45, 7) is 0.873. The van der Waals surface area contributed by atoms with E-state index in [2.05, 4.69) is 40.6 Å². The highest BCUT2D eigenvalue weighted by Gasteiger charge is 2.06. The standard InChI is InChI=1S/C16H16N2O/c1-17-9-8-16-18-11-15(19-16)14-7-6-12-4-2-3-5-13(12)10-14/h2-7,10-11,17H,8-9H2,1H3. The molecule has 3 heteroatoms. The highest BCUT2D eigenvalue weighted by atomic mass is 16.4. The number of oxazole rings is 1. The molecule has 0 unspecified atom stereocenters. The molecule has 0 spiro atoms. The van der Waals surface area contributed by atoms with E-state index in [1.165, 1.54) is 10.8 Å². The van der Waals surface area contributed by atoms with Crippen LogP contribution in [0.3, 0.4) is 0 Å². The van der Waals surface area contributed by atoms with E-state index in [9.17, 15) is 0 Å². The molecule has 3 rings (SSSR count). The molecule has 0 saturated carbocycles. The summed E-state index contributed by atoms with van der Waals surface area (Å²) in [5.41, 5.74) is 1.07. The average Bonchev–Trinajstić information content (AvgIpc) is 2.93. The van der Waals surface area contributed by atoms with Gasteiger partial charge in [-0.2, -0.15) is 0 Å². The molecule has 0 aliphatic rings. The van der Waals surface area contributed by atoms with E-state index in [0.29, 0.717) is 0 Å². The van der Waals surface area contributed by atoms with Crippen LogP contribution in [0.1, 0.15) is 5.89 Å². The molecule has 0 amide bonds. The lowest BCUT2D eigenvalue weighted by Crippen LogP contribution is -2.10. The second-order valence-corrected chi connectivity index (χ2v) is 4.53. The highest BCUT2D eigenvalue weighted by Crippen LogP contribution is 2.25. The Hall–Kier alpha value is -2.13. The van der Waals surface area contributed by atoms with Crippen LogP contribution in [0.4, 0.5) is 0 Å². The first-order valence-corrected chi connectivity index (χ1v) is 6.45. The number of likely N-dealkylation sites (N-methyl/N-ethyl adjacent to an activating group) is 1. The van der Waals surface area contributed by atoms with Gasteiger partial charge >= 0.3 is 0 Å². The molecule has 2 aromatic carbocycles. The Balaban J connectivity index is 1.92. The lowest BCUT2D eigenvalue weighted by atomic mass is 10.1. The topological polar surface area (TPSA) is 38.1 Å². The third kappa shape index (κ3) is 2.51. The fourth-order valence-electron chi connectivity index (χ4n) is 2.13. The van der Waals surface area contributed by atoms with Crippen LogP contribution in [0.25, 0.3) is 22.1 Å². The van der Waals surface area contributed by atoms with Crippen molar-refractivity contribution < 1.29 is 4.42 Å². The quantitative estimate of drug-likeness (QED) is 0.774. The van der Waals surface area contributed by atoms with E-state index in [1.807, 2.05) is 19.2 Å². The average molecular weight is 252 g/mol. The fourth-order valence-corrected chi connectivity index (χ4v) is 2.13. The van der Waals surface area contributed by atoms with Crippen molar-refractivity contribution in [2.45, 2.75) is 6.42 Å². The van der Waals surface area contributed by atoms with Crippen molar-refractivity contribution in [1.29, 1.82) is 0 Å². The largest absolute Gasteiger partial charge is 0.441 e. The molecule has 1 heterocycles. The zero-order chi connectivity index (χ0) is 13.1. The normalized spacial score (nSPS) is 11.0. The summed E-state index contributed by atoms with van der Waals surface area (Å²) in [4.78, 5) is 4.30. The Morgan fingerprint density at radius 2 is 1.95 bits per heavy atom. The summed E-state index contributed by atoms with van der Waals surface area (Å²) in [7, 11) is 1.92. The van der Waals surface area contributed by atoms with Crippen molar-refractivity contribution in [3.8, 4) is 11.3 Å². The Labute approximate surface area is 112 Å². The molecule has 0 fully saturated rings. The first kappa shape index (κ1) is 11.9. The molecule has 3 aromatic rings. The molecular formula is C16H16N2O. The van der Waals surface area contributed by atoms with Gasteiger partial charge in [0, 0.05) is 18.5 Å². The summed E-state index contributed by atoms with van der Waals surface area (Å²) >= 11 is 0. The SMILES string of the molecule is CNCCc1ncc(-c2ccc3ccccc3c2)o1. The number of nitrogens with one attached hydrogen (secondary N) is 1. The van der Waals surface area contributed by atoms with Gasteiger partial charge < -0.3 is 9.73 Å². The Morgan fingerprint density at radius 1 is 1.11 bits per heavy atom. The molecule has 19 heavy (non-hydrogen) atoms. The van der Waals surface area contributed by atoms with Gasteiger partial charge in [-0.25, -0.2) is 4.98 Å². The van der Waals surface area contributed by atoms with Gasteiger partial charge in [0.1, 0.15) is 0 Å². The first-order valence-electron chi connectivity index (χ1n) is 6.45. The molecule has 0 bridgehead atoms. The third-order valence-corrected chi connectivity index (χ3v) is 3.18. The van der Waals surface area contributed by atoms with Crippen LogP contribution in [-0.4, -0.2) is 18.6 Å². The third-order valence-electron chi connectivity index (χ3n) is 3.18. The van der Waals surface area contributed by atoms with Crippen LogP contribution in [0, 0.1) is 0 Å². The Kier molecular flexibility index (Phi) is 3.29. The molecule has 0 atom stereocenters. The second kappa shape index (κ2) is 5.24. The summed E-state index contributed by atoms with van der Waals surface area (Å²) in [5.74, 6) is 1.61. The minimum Gasteiger partial charge on any atom is -0.441 e. The van der Waals surface area contributed by atoms with Gasteiger partial charge in [0.15, 0.2) is 11.7 Å². The van der Waals surface area contributed by atoms with E-state index in [1.54, 1.807) is 6.20 Å². The van der Waals surface area contributed by atoms with Crippen LogP contribution in [0.5, 0.6) is 0 Å². The predicted octanol–water partition coefficient (Wildman–Crippen LogP) is 3.26. The van der Waals surface area contributed by atoms with E-state index in [0.717, 1.165) is 30.2 Å². The van der Waals surface area contributed by atoms with Crippen LogP contribution in [0.15, 0.2) is 53.1 Å². The lowest BCUT2D eigenvalue weighted by Gasteiger charge is -2.00. The maximum atomic E-state index is 5.77. The van der Waals surface area contributed by atoms with Crippen LogP contribution in [0.2, 0.25) is 0 Å². The number of aromatic nitrogens is 1. The van der Waals surface area contributed by atoms with E-state index >= 15 is 0 Å². The van der Waals surface area contributed by atoms with Crippen molar-refractivity contribution in [2.75, 3.05) is 13.6 Å². The molecule has 3 nitrogen and oxygen atoms in total. The molecular weight excluding hydrogens is 236 g/mol. The lowest BCUT2D eigenvalue weighted by molar-refractivity contribution is 0.501. The van der Waals surface area contributed by atoms with Crippen molar-refractivity contribution in [2.24, 2.45) is 0 Å². The minimum atomic E-state index is 0.775. The van der Waals surface area contributed by atoms with E-state index in [4.69, 9.17) is 4.42 Å². The van der Waals surface area contributed by atoms with Crippen molar-refractivity contribution >= 4 is 10.8 Å². The van der Waals surface area contributed by atoms with Gasteiger partial charge in [-0.05, 0) is 23.9 Å². The zero-order valence-electron chi connectivity index (χ0n) is 10.9.